The topological polar surface area (TPSA) is 40.1 Å². The van der Waals surface area contributed by atoms with Crippen LogP contribution in [-0.2, 0) is 4.74 Å². The zero-order chi connectivity index (χ0) is 15.3. The second-order valence-electron chi connectivity index (χ2n) is 6.83. The Morgan fingerprint density at radius 2 is 2.05 bits per heavy atom. The predicted molar refractivity (Wildman–Crippen MR) is 103 cm³/mol. The quantitative estimate of drug-likeness (QED) is 0.428. The summed E-state index contributed by atoms with van der Waals surface area (Å²) >= 11 is 0. The van der Waals surface area contributed by atoms with Crippen molar-refractivity contribution in [2.75, 3.05) is 54.0 Å². The van der Waals surface area contributed by atoms with E-state index in [1.165, 1.54) is 12.8 Å². The molecule has 6 heteroatoms. The number of aliphatic imine (C=N–C) groups is 1. The fourth-order valence-corrected chi connectivity index (χ4v) is 3.49. The molecule has 22 heavy (non-hydrogen) atoms. The van der Waals surface area contributed by atoms with Crippen molar-refractivity contribution >= 4 is 29.9 Å². The van der Waals surface area contributed by atoms with E-state index in [9.17, 15) is 0 Å². The van der Waals surface area contributed by atoms with E-state index >= 15 is 0 Å². The average molecular weight is 424 g/mol. The van der Waals surface area contributed by atoms with Crippen LogP contribution in [0.3, 0.4) is 0 Å². The Labute approximate surface area is 152 Å². The average Bonchev–Trinajstić information content (AvgIpc) is 2.49. The molecule has 0 amide bonds. The molecule has 0 aromatic rings. The highest BCUT2D eigenvalue weighted by Gasteiger charge is 2.35. The number of ether oxygens (including phenoxy) is 1. The van der Waals surface area contributed by atoms with Crippen molar-refractivity contribution < 1.29 is 4.74 Å². The SMILES string of the molecule is CN=C(NCC1(N(C)C)CCOCC1)N1CCCC(C)C1.I. The van der Waals surface area contributed by atoms with Gasteiger partial charge < -0.3 is 19.9 Å². The van der Waals surface area contributed by atoms with E-state index in [1.54, 1.807) is 0 Å². The van der Waals surface area contributed by atoms with Gasteiger partial charge in [0, 0.05) is 45.4 Å². The van der Waals surface area contributed by atoms with E-state index in [0.29, 0.717) is 0 Å². The lowest BCUT2D eigenvalue weighted by Gasteiger charge is -2.44. The molecule has 0 saturated carbocycles. The van der Waals surface area contributed by atoms with E-state index in [4.69, 9.17) is 4.74 Å². The van der Waals surface area contributed by atoms with E-state index in [-0.39, 0.29) is 29.5 Å². The summed E-state index contributed by atoms with van der Waals surface area (Å²) in [6, 6.07) is 0. The van der Waals surface area contributed by atoms with Crippen LogP contribution in [0.25, 0.3) is 0 Å². The van der Waals surface area contributed by atoms with Crippen LogP contribution in [-0.4, -0.2) is 75.3 Å². The minimum absolute atomic E-state index is 0. The molecule has 0 spiro atoms. The largest absolute Gasteiger partial charge is 0.381 e. The molecule has 130 valence electrons. The van der Waals surface area contributed by atoms with Gasteiger partial charge in [0.15, 0.2) is 5.96 Å². The molecule has 0 aromatic heterocycles. The first-order valence-corrected chi connectivity index (χ1v) is 8.28. The normalized spacial score (nSPS) is 25.8. The van der Waals surface area contributed by atoms with Gasteiger partial charge in [-0.2, -0.15) is 0 Å². The maximum Gasteiger partial charge on any atom is 0.193 e. The van der Waals surface area contributed by atoms with Gasteiger partial charge in [-0.25, -0.2) is 0 Å². The first-order valence-electron chi connectivity index (χ1n) is 8.28. The molecular weight excluding hydrogens is 391 g/mol. The number of hydrogen-bond donors (Lipinski definition) is 1. The number of nitrogens with one attached hydrogen (secondary N) is 1. The minimum Gasteiger partial charge on any atom is -0.381 e. The summed E-state index contributed by atoms with van der Waals surface area (Å²) in [7, 11) is 6.26. The Kier molecular flexibility index (Phi) is 8.42. The van der Waals surface area contributed by atoms with Gasteiger partial charge in [-0.05, 0) is 45.7 Å². The van der Waals surface area contributed by atoms with Crippen molar-refractivity contribution in [2.24, 2.45) is 10.9 Å². The van der Waals surface area contributed by atoms with Crippen LogP contribution in [0.4, 0.5) is 0 Å². The van der Waals surface area contributed by atoms with Crippen molar-refractivity contribution in [3.05, 3.63) is 0 Å². The lowest BCUT2D eigenvalue weighted by atomic mass is 9.88. The molecule has 0 aliphatic carbocycles. The Morgan fingerprint density at radius 1 is 1.36 bits per heavy atom. The molecule has 0 aromatic carbocycles. The van der Waals surface area contributed by atoms with E-state index < -0.39 is 0 Å². The van der Waals surface area contributed by atoms with Crippen LogP contribution >= 0.6 is 24.0 Å². The maximum atomic E-state index is 5.54. The minimum atomic E-state index is 0. The summed E-state index contributed by atoms with van der Waals surface area (Å²) < 4.78 is 5.54. The van der Waals surface area contributed by atoms with Crippen molar-refractivity contribution in [2.45, 2.75) is 38.1 Å². The molecule has 0 radical (unpaired) electrons. The number of hydrogen-bond acceptors (Lipinski definition) is 3. The summed E-state index contributed by atoms with van der Waals surface area (Å²) in [6.07, 6.45) is 4.78. The summed E-state index contributed by atoms with van der Waals surface area (Å²) in [5.41, 5.74) is 0.190. The Balaban J connectivity index is 0.00000242. The third-order valence-corrected chi connectivity index (χ3v) is 5.12. The van der Waals surface area contributed by atoms with Crippen LogP contribution in [0.1, 0.15) is 32.6 Å². The Morgan fingerprint density at radius 3 is 2.59 bits per heavy atom. The van der Waals surface area contributed by atoms with E-state index in [0.717, 1.165) is 57.6 Å². The monoisotopic (exact) mass is 424 g/mol. The number of rotatable bonds is 3. The molecule has 1 atom stereocenters. The first kappa shape index (κ1) is 20.0. The van der Waals surface area contributed by atoms with Crippen molar-refractivity contribution in [3.8, 4) is 0 Å². The molecule has 2 rings (SSSR count). The molecule has 1 N–H and O–H groups in total. The molecule has 2 heterocycles. The fraction of sp³-hybridized carbons (Fsp3) is 0.938. The highest BCUT2D eigenvalue weighted by atomic mass is 127. The zero-order valence-electron chi connectivity index (χ0n) is 14.6. The molecule has 2 fully saturated rings. The number of halogens is 1. The van der Waals surface area contributed by atoms with Crippen LogP contribution in [0, 0.1) is 5.92 Å². The smallest absolute Gasteiger partial charge is 0.193 e. The Hall–Kier alpha value is -0.0800. The van der Waals surface area contributed by atoms with Crippen LogP contribution in [0.5, 0.6) is 0 Å². The van der Waals surface area contributed by atoms with E-state index in [2.05, 4.69) is 41.1 Å². The lowest BCUT2D eigenvalue weighted by molar-refractivity contribution is -0.00532. The molecular formula is C16H33IN4O. The van der Waals surface area contributed by atoms with Gasteiger partial charge in [0.2, 0.25) is 0 Å². The Bertz CT molecular complexity index is 356. The van der Waals surface area contributed by atoms with Gasteiger partial charge in [0.1, 0.15) is 0 Å². The predicted octanol–water partition coefficient (Wildman–Crippen LogP) is 2.02. The standard InChI is InChI=1S/C16H32N4O.HI/c1-14-6-5-9-20(12-14)15(17-2)18-13-16(19(3)4)7-10-21-11-8-16;/h14H,5-13H2,1-4H3,(H,17,18);1H. The van der Waals surface area contributed by atoms with Gasteiger partial charge in [-0.3, -0.25) is 4.99 Å². The number of nitrogens with zero attached hydrogens (tertiary/aromatic N) is 3. The summed E-state index contributed by atoms with van der Waals surface area (Å²) in [5.74, 6) is 1.83. The first-order chi connectivity index (χ1) is 10.1. The molecule has 0 bridgehead atoms. The second kappa shape index (κ2) is 9.27. The lowest BCUT2D eigenvalue weighted by Crippen LogP contribution is -2.58. The third kappa shape index (κ3) is 4.96. The summed E-state index contributed by atoms with van der Waals surface area (Å²) in [4.78, 5) is 9.27. The van der Waals surface area contributed by atoms with Gasteiger partial charge in [0.05, 0.1) is 0 Å². The molecule has 2 saturated heterocycles. The number of likely N-dealkylation sites (N-methyl/N-ethyl adjacent to an activating group) is 1. The molecule has 2 aliphatic rings. The van der Waals surface area contributed by atoms with Crippen LogP contribution in [0.2, 0.25) is 0 Å². The number of likely N-dealkylation sites (tertiary alicyclic amines) is 1. The van der Waals surface area contributed by atoms with Gasteiger partial charge in [-0.1, -0.05) is 6.92 Å². The maximum absolute atomic E-state index is 5.54. The highest BCUT2D eigenvalue weighted by molar-refractivity contribution is 14.0. The third-order valence-electron chi connectivity index (χ3n) is 5.12. The van der Waals surface area contributed by atoms with Gasteiger partial charge in [0.25, 0.3) is 0 Å². The number of guanidine groups is 1. The summed E-state index contributed by atoms with van der Waals surface area (Å²) in [6.45, 7) is 7.25. The second-order valence-corrected chi connectivity index (χ2v) is 6.83. The van der Waals surface area contributed by atoms with Crippen molar-refractivity contribution in [1.82, 2.24) is 15.1 Å². The highest BCUT2D eigenvalue weighted by Crippen LogP contribution is 2.25. The van der Waals surface area contributed by atoms with Gasteiger partial charge >= 0.3 is 0 Å². The molecule has 2 aliphatic heterocycles. The molecule has 5 nitrogen and oxygen atoms in total. The van der Waals surface area contributed by atoms with E-state index in [1.807, 2.05) is 7.05 Å². The van der Waals surface area contributed by atoms with Crippen LogP contribution < -0.4 is 5.32 Å². The summed E-state index contributed by atoms with van der Waals surface area (Å²) in [5, 5.41) is 3.63. The fourth-order valence-electron chi connectivity index (χ4n) is 3.49. The van der Waals surface area contributed by atoms with Crippen LogP contribution in [0.15, 0.2) is 4.99 Å². The van der Waals surface area contributed by atoms with Gasteiger partial charge in [-0.15, -0.1) is 24.0 Å². The zero-order valence-corrected chi connectivity index (χ0v) is 16.9. The van der Waals surface area contributed by atoms with Crippen molar-refractivity contribution in [3.63, 3.8) is 0 Å². The molecule has 1 unspecified atom stereocenters. The number of piperidine rings is 1. The van der Waals surface area contributed by atoms with Crippen molar-refractivity contribution in [1.29, 1.82) is 0 Å².